The largest absolute Gasteiger partial charge is 0.480 e. The Hall–Kier alpha value is -3.16. The number of aliphatic carboxylic acids is 1. The number of hydrogen-bond acceptors (Lipinski definition) is 5. The summed E-state index contributed by atoms with van der Waals surface area (Å²) in [6.07, 6.45) is 4.16. The molecule has 2 fully saturated rings. The van der Waals surface area contributed by atoms with E-state index in [1.54, 1.807) is 16.8 Å². The summed E-state index contributed by atoms with van der Waals surface area (Å²) in [4.78, 5) is 28.9. The van der Waals surface area contributed by atoms with Crippen molar-refractivity contribution >= 4 is 23.0 Å². The molecular weight excluding hydrogens is 360 g/mol. The Labute approximate surface area is 160 Å². The summed E-state index contributed by atoms with van der Waals surface area (Å²) < 4.78 is 7.37. The normalized spacial score (nSPS) is 17.6. The standard InChI is InChI=1S/C20H20N4O4/c25-19(16-9-14(11-5-6-11)23-24(16)12-7-8-12)22-15(20(26)27)10-18-21-13-3-1-2-4-17(13)28-18/h1-4,9,11-12,15H,5-8,10H2,(H,22,25)(H,26,27). The van der Waals surface area contributed by atoms with Crippen LogP contribution in [-0.4, -0.2) is 37.8 Å². The summed E-state index contributed by atoms with van der Waals surface area (Å²) in [6, 6.07) is 8.15. The van der Waals surface area contributed by atoms with Crippen LogP contribution in [0.4, 0.5) is 0 Å². The van der Waals surface area contributed by atoms with Gasteiger partial charge in [-0.1, -0.05) is 12.1 Å². The zero-order chi connectivity index (χ0) is 19.3. The molecule has 2 heterocycles. The molecule has 144 valence electrons. The lowest BCUT2D eigenvalue weighted by Gasteiger charge is -2.13. The summed E-state index contributed by atoms with van der Waals surface area (Å²) in [7, 11) is 0. The van der Waals surface area contributed by atoms with Crippen molar-refractivity contribution in [3.63, 3.8) is 0 Å². The van der Waals surface area contributed by atoms with E-state index >= 15 is 0 Å². The molecule has 0 spiro atoms. The van der Waals surface area contributed by atoms with Crippen LogP contribution in [0.1, 0.15) is 59.7 Å². The van der Waals surface area contributed by atoms with Crippen molar-refractivity contribution in [3.05, 3.63) is 47.6 Å². The summed E-state index contributed by atoms with van der Waals surface area (Å²) >= 11 is 0. The second-order valence-electron chi connectivity index (χ2n) is 7.55. The van der Waals surface area contributed by atoms with Crippen LogP contribution in [0, 0.1) is 0 Å². The number of para-hydroxylation sites is 2. The van der Waals surface area contributed by atoms with Gasteiger partial charge < -0.3 is 14.8 Å². The first-order chi connectivity index (χ1) is 13.6. The van der Waals surface area contributed by atoms with Crippen molar-refractivity contribution in [1.82, 2.24) is 20.1 Å². The van der Waals surface area contributed by atoms with E-state index in [0.29, 0.717) is 22.7 Å². The van der Waals surface area contributed by atoms with Gasteiger partial charge in [0, 0.05) is 5.92 Å². The molecule has 0 bridgehead atoms. The second-order valence-corrected chi connectivity index (χ2v) is 7.55. The summed E-state index contributed by atoms with van der Waals surface area (Å²) in [6.45, 7) is 0. The second kappa shape index (κ2) is 6.47. The van der Waals surface area contributed by atoms with Gasteiger partial charge in [-0.3, -0.25) is 9.48 Å². The smallest absolute Gasteiger partial charge is 0.326 e. The average Bonchev–Trinajstić information content (AvgIpc) is 3.61. The van der Waals surface area contributed by atoms with Gasteiger partial charge in [0.2, 0.25) is 0 Å². The van der Waals surface area contributed by atoms with Crippen molar-refractivity contribution in [2.75, 3.05) is 0 Å². The number of aromatic nitrogens is 3. The number of carboxylic acid groups (broad SMARTS) is 1. The molecule has 1 atom stereocenters. The van der Waals surface area contributed by atoms with Gasteiger partial charge in [0.25, 0.3) is 5.91 Å². The van der Waals surface area contributed by atoms with Crippen LogP contribution in [0.3, 0.4) is 0 Å². The highest BCUT2D eigenvalue weighted by molar-refractivity contribution is 5.95. The highest BCUT2D eigenvalue weighted by atomic mass is 16.4. The first-order valence-corrected chi connectivity index (χ1v) is 9.56. The molecule has 0 radical (unpaired) electrons. The zero-order valence-corrected chi connectivity index (χ0v) is 15.2. The Balaban J connectivity index is 1.36. The number of carbonyl (C=O) groups is 2. The van der Waals surface area contributed by atoms with Gasteiger partial charge in [-0.15, -0.1) is 0 Å². The number of amides is 1. The van der Waals surface area contributed by atoms with E-state index < -0.39 is 17.9 Å². The van der Waals surface area contributed by atoms with Gasteiger partial charge in [0.1, 0.15) is 17.3 Å². The van der Waals surface area contributed by atoms with E-state index in [2.05, 4.69) is 15.4 Å². The molecule has 2 aliphatic rings. The number of nitrogens with one attached hydrogen (secondary N) is 1. The number of fused-ring (bicyclic) bond motifs is 1. The number of nitrogens with zero attached hydrogens (tertiary/aromatic N) is 3. The number of oxazole rings is 1. The van der Waals surface area contributed by atoms with E-state index in [-0.39, 0.29) is 18.4 Å². The van der Waals surface area contributed by atoms with Crippen molar-refractivity contribution in [3.8, 4) is 0 Å². The Kier molecular flexibility index (Phi) is 3.92. The van der Waals surface area contributed by atoms with Crippen molar-refractivity contribution in [1.29, 1.82) is 0 Å². The zero-order valence-electron chi connectivity index (χ0n) is 15.2. The molecule has 1 amide bonds. The van der Waals surface area contributed by atoms with E-state index in [4.69, 9.17) is 4.42 Å². The van der Waals surface area contributed by atoms with Gasteiger partial charge in [0.15, 0.2) is 11.5 Å². The average molecular weight is 380 g/mol. The van der Waals surface area contributed by atoms with E-state index in [9.17, 15) is 14.7 Å². The molecule has 0 saturated heterocycles. The number of hydrogen-bond donors (Lipinski definition) is 2. The third-order valence-corrected chi connectivity index (χ3v) is 5.20. The Morgan fingerprint density at radius 2 is 2.04 bits per heavy atom. The summed E-state index contributed by atoms with van der Waals surface area (Å²) in [5.41, 5.74) is 2.62. The Bertz CT molecular complexity index is 1030. The van der Waals surface area contributed by atoms with Crippen LogP contribution in [0.25, 0.3) is 11.1 Å². The minimum absolute atomic E-state index is 0.0250. The minimum Gasteiger partial charge on any atom is -0.480 e. The number of carboxylic acids is 1. The molecule has 1 unspecified atom stereocenters. The fourth-order valence-corrected chi connectivity index (χ4v) is 3.37. The van der Waals surface area contributed by atoms with Crippen LogP contribution in [0.5, 0.6) is 0 Å². The van der Waals surface area contributed by atoms with Crippen LogP contribution in [0.2, 0.25) is 0 Å². The van der Waals surface area contributed by atoms with E-state index in [1.165, 1.54) is 0 Å². The van der Waals surface area contributed by atoms with Gasteiger partial charge >= 0.3 is 5.97 Å². The maximum absolute atomic E-state index is 12.8. The van der Waals surface area contributed by atoms with Crippen molar-refractivity contribution < 1.29 is 19.1 Å². The molecule has 1 aromatic carbocycles. The minimum atomic E-state index is -1.13. The molecule has 5 rings (SSSR count). The van der Waals surface area contributed by atoms with Crippen LogP contribution >= 0.6 is 0 Å². The first kappa shape index (κ1) is 17.0. The summed E-state index contributed by atoms with van der Waals surface area (Å²) in [5, 5.41) is 16.8. The highest BCUT2D eigenvalue weighted by Gasteiger charge is 2.34. The maximum Gasteiger partial charge on any atom is 0.326 e. The van der Waals surface area contributed by atoms with Gasteiger partial charge in [0.05, 0.1) is 18.2 Å². The van der Waals surface area contributed by atoms with Crippen molar-refractivity contribution in [2.45, 2.75) is 50.1 Å². The summed E-state index contributed by atoms with van der Waals surface area (Å²) in [5.74, 6) is -0.838. The number of benzene rings is 1. The topological polar surface area (TPSA) is 110 Å². The third-order valence-electron chi connectivity index (χ3n) is 5.20. The van der Waals surface area contributed by atoms with Crippen LogP contribution in [0.15, 0.2) is 34.7 Å². The fourth-order valence-electron chi connectivity index (χ4n) is 3.37. The molecule has 2 saturated carbocycles. The molecule has 8 nitrogen and oxygen atoms in total. The van der Waals surface area contributed by atoms with E-state index in [1.807, 2.05) is 18.2 Å². The van der Waals surface area contributed by atoms with Crippen LogP contribution < -0.4 is 5.32 Å². The number of rotatable bonds is 7. The van der Waals surface area contributed by atoms with Crippen LogP contribution in [-0.2, 0) is 11.2 Å². The molecule has 2 aromatic heterocycles. The lowest BCUT2D eigenvalue weighted by Crippen LogP contribution is -2.43. The molecular formula is C20H20N4O4. The molecule has 0 aliphatic heterocycles. The fraction of sp³-hybridized carbons (Fsp3) is 0.400. The van der Waals surface area contributed by atoms with E-state index in [0.717, 1.165) is 31.4 Å². The molecule has 2 N–H and O–H groups in total. The third kappa shape index (κ3) is 3.26. The Morgan fingerprint density at radius 1 is 1.25 bits per heavy atom. The SMILES string of the molecule is O=C(NC(Cc1nc2ccccc2o1)C(=O)O)c1cc(C2CC2)nn1C1CC1. The highest BCUT2D eigenvalue weighted by Crippen LogP contribution is 2.42. The molecule has 28 heavy (non-hydrogen) atoms. The van der Waals surface area contributed by atoms with Gasteiger partial charge in [-0.2, -0.15) is 5.10 Å². The maximum atomic E-state index is 12.8. The van der Waals surface area contributed by atoms with Gasteiger partial charge in [-0.25, -0.2) is 9.78 Å². The van der Waals surface area contributed by atoms with Crippen molar-refractivity contribution in [2.24, 2.45) is 0 Å². The molecule has 2 aliphatic carbocycles. The quantitative estimate of drug-likeness (QED) is 0.652. The Morgan fingerprint density at radius 3 is 2.71 bits per heavy atom. The molecule has 8 heteroatoms. The predicted molar refractivity (Wildman–Crippen MR) is 99.1 cm³/mol. The first-order valence-electron chi connectivity index (χ1n) is 9.56. The lowest BCUT2D eigenvalue weighted by atomic mass is 10.2. The predicted octanol–water partition coefficient (Wildman–Crippen LogP) is 2.66. The van der Waals surface area contributed by atoms with Gasteiger partial charge in [-0.05, 0) is 43.9 Å². The molecule has 3 aromatic rings. The lowest BCUT2D eigenvalue weighted by molar-refractivity contribution is -0.139. The number of carbonyl (C=O) groups excluding carboxylic acids is 1. The monoisotopic (exact) mass is 380 g/mol.